The molecule has 24 heavy (non-hydrogen) atoms. The van der Waals surface area contributed by atoms with Crippen molar-refractivity contribution < 1.29 is 9.34 Å². The number of nitro groups is 1. The average Bonchev–Trinajstić information content (AvgIpc) is 3.20. The Balaban J connectivity index is 1.75. The van der Waals surface area contributed by atoms with Crippen LogP contribution >= 0.6 is 0 Å². The first-order valence-corrected chi connectivity index (χ1v) is 8.45. The van der Waals surface area contributed by atoms with Crippen molar-refractivity contribution >= 4 is 30.1 Å². The van der Waals surface area contributed by atoms with Gasteiger partial charge in [0.05, 0.1) is 0 Å². The third-order valence-electron chi connectivity index (χ3n) is 3.40. The van der Waals surface area contributed by atoms with Gasteiger partial charge in [-0.1, -0.05) is 0 Å². The average molecular weight is 387 g/mol. The fourth-order valence-electron chi connectivity index (χ4n) is 2.24. The summed E-state index contributed by atoms with van der Waals surface area (Å²) in [5.41, 5.74) is 0.368. The van der Waals surface area contributed by atoms with Crippen LogP contribution in [0.3, 0.4) is 0 Å². The molecular formula is C15H8N4O4Se. The van der Waals surface area contributed by atoms with Gasteiger partial charge in [0, 0.05) is 0 Å². The van der Waals surface area contributed by atoms with Gasteiger partial charge in [-0.3, -0.25) is 0 Å². The van der Waals surface area contributed by atoms with E-state index in [-0.39, 0.29) is 37.9 Å². The number of hydrogen-bond acceptors (Lipinski definition) is 6. The molecule has 0 spiro atoms. The Hall–Kier alpha value is -3.03. The maximum atomic E-state index is 12.4. The van der Waals surface area contributed by atoms with E-state index in [0.717, 1.165) is 4.26 Å². The van der Waals surface area contributed by atoms with Crippen LogP contribution < -0.4 is 5.56 Å². The summed E-state index contributed by atoms with van der Waals surface area (Å²) in [5.74, 6) is 0.208. The van der Waals surface area contributed by atoms with Crippen molar-refractivity contribution in [1.29, 1.82) is 0 Å². The molecule has 0 aliphatic carbocycles. The Labute approximate surface area is 140 Å². The molecule has 8 nitrogen and oxygen atoms in total. The van der Waals surface area contributed by atoms with Gasteiger partial charge in [0.25, 0.3) is 0 Å². The molecule has 2 heterocycles. The number of hydrogen-bond donors (Lipinski definition) is 0. The zero-order valence-electron chi connectivity index (χ0n) is 11.9. The van der Waals surface area contributed by atoms with E-state index in [1.54, 1.807) is 6.07 Å². The molecule has 0 saturated heterocycles. The first kappa shape index (κ1) is 14.6. The molecule has 2 aromatic carbocycles. The van der Waals surface area contributed by atoms with Gasteiger partial charge in [-0.15, -0.1) is 0 Å². The van der Waals surface area contributed by atoms with Crippen molar-refractivity contribution in [2.24, 2.45) is 0 Å². The number of nitro benzene ring substituents is 1. The Kier molecular flexibility index (Phi) is 3.37. The molecule has 2 aromatic heterocycles. The topological polar surface area (TPSA) is 104 Å². The quantitative estimate of drug-likeness (QED) is 0.303. The molecule has 0 aliphatic heterocycles. The molecule has 4 rings (SSSR count). The van der Waals surface area contributed by atoms with Crippen molar-refractivity contribution in [3.63, 3.8) is 0 Å². The zero-order chi connectivity index (χ0) is 16.7. The third kappa shape index (κ3) is 2.36. The Bertz CT molecular complexity index is 1110. The number of fused-ring (bicyclic) bond motifs is 1. The fourth-order valence-corrected chi connectivity index (χ4v) is 4.17. The Morgan fingerprint density at radius 2 is 1.83 bits per heavy atom. The van der Waals surface area contributed by atoms with E-state index < -0.39 is 4.92 Å². The van der Waals surface area contributed by atoms with Crippen molar-refractivity contribution in [3.05, 3.63) is 69.0 Å². The number of non-ortho nitro benzene ring substituents is 1. The van der Waals surface area contributed by atoms with E-state index in [9.17, 15) is 14.9 Å². The van der Waals surface area contributed by atoms with Gasteiger partial charge in [-0.05, 0) is 0 Å². The summed E-state index contributed by atoms with van der Waals surface area (Å²) in [5, 5.41) is 19.2. The third-order valence-corrected chi connectivity index (χ3v) is 5.62. The molecule has 0 amide bonds. The molecule has 4 aromatic rings. The van der Waals surface area contributed by atoms with Crippen molar-refractivity contribution in [3.8, 4) is 17.5 Å². The van der Waals surface area contributed by atoms with Crippen LogP contribution in [-0.2, 0) is 0 Å². The van der Waals surface area contributed by atoms with Gasteiger partial charge in [0.15, 0.2) is 0 Å². The summed E-state index contributed by atoms with van der Waals surface area (Å²) in [7, 11) is 0. The summed E-state index contributed by atoms with van der Waals surface area (Å²) < 4.78 is 8.02. The first-order chi connectivity index (χ1) is 11.6. The summed E-state index contributed by atoms with van der Waals surface area (Å²) >= 11 is -0.257. The molecule has 0 aliphatic rings. The van der Waals surface area contributed by atoms with Crippen LogP contribution in [0.2, 0.25) is 0 Å². The van der Waals surface area contributed by atoms with Crippen LogP contribution in [-0.4, -0.2) is 33.4 Å². The van der Waals surface area contributed by atoms with E-state index in [1.165, 1.54) is 27.8 Å². The van der Waals surface area contributed by atoms with Crippen LogP contribution in [0, 0.1) is 10.1 Å². The van der Waals surface area contributed by atoms with Crippen LogP contribution in [0.4, 0.5) is 5.69 Å². The first-order valence-electron chi connectivity index (χ1n) is 6.83. The molecule has 118 valence electrons. The summed E-state index contributed by atoms with van der Waals surface area (Å²) in [4.78, 5) is 22.6. The second-order valence-corrected chi connectivity index (χ2v) is 6.95. The molecule has 0 unspecified atom stereocenters. The standard InChI is InChI=1S/C15H8N4O4Se/c20-14-11-3-1-2-4-12(11)24-18(14)15-17-16-13(23-15)9-5-7-10(8-6-9)19(21)22/h1-8H. The van der Waals surface area contributed by atoms with E-state index in [1.807, 2.05) is 18.2 Å². The van der Waals surface area contributed by atoms with Crippen LogP contribution in [0.5, 0.6) is 0 Å². The number of nitrogens with zero attached hydrogens (tertiary/aromatic N) is 4. The monoisotopic (exact) mass is 388 g/mol. The van der Waals surface area contributed by atoms with Gasteiger partial charge in [-0.2, -0.15) is 0 Å². The van der Waals surface area contributed by atoms with E-state index in [4.69, 9.17) is 4.42 Å². The normalized spacial score (nSPS) is 11.0. The number of rotatable bonds is 3. The van der Waals surface area contributed by atoms with Gasteiger partial charge in [0.1, 0.15) is 0 Å². The second kappa shape index (κ2) is 5.55. The Morgan fingerprint density at radius 3 is 2.54 bits per heavy atom. The van der Waals surface area contributed by atoms with Crippen molar-refractivity contribution in [2.45, 2.75) is 0 Å². The predicted molar refractivity (Wildman–Crippen MR) is 86.4 cm³/mol. The van der Waals surface area contributed by atoms with Crippen LogP contribution in [0.25, 0.3) is 27.1 Å². The minimum absolute atomic E-state index is 0.0213. The Morgan fingerprint density at radius 1 is 1.08 bits per heavy atom. The summed E-state index contributed by atoms with van der Waals surface area (Å²) in [6.07, 6.45) is 0. The van der Waals surface area contributed by atoms with E-state index in [0.29, 0.717) is 10.9 Å². The van der Waals surface area contributed by atoms with E-state index >= 15 is 0 Å². The van der Waals surface area contributed by atoms with Crippen molar-refractivity contribution in [1.82, 2.24) is 13.8 Å². The van der Waals surface area contributed by atoms with Crippen LogP contribution in [0.1, 0.15) is 0 Å². The second-order valence-electron chi connectivity index (χ2n) is 4.88. The molecule has 0 N–H and O–H groups in total. The number of aromatic nitrogens is 3. The molecule has 0 bridgehead atoms. The molecule has 0 radical (unpaired) electrons. The zero-order valence-corrected chi connectivity index (χ0v) is 13.7. The summed E-state index contributed by atoms with van der Waals surface area (Å²) in [6.45, 7) is 0. The van der Waals surface area contributed by atoms with Gasteiger partial charge >= 0.3 is 140 Å². The van der Waals surface area contributed by atoms with Gasteiger partial charge < -0.3 is 0 Å². The predicted octanol–water partition coefficient (Wildman–Crippen LogP) is 2.01. The number of benzene rings is 2. The molecular weight excluding hydrogens is 379 g/mol. The van der Waals surface area contributed by atoms with Gasteiger partial charge in [0.2, 0.25) is 0 Å². The summed E-state index contributed by atoms with van der Waals surface area (Å²) in [6, 6.07) is 13.3. The van der Waals surface area contributed by atoms with Crippen LogP contribution in [0.15, 0.2) is 57.7 Å². The minimum atomic E-state index is -0.480. The SMILES string of the molecule is O=c1c2ccccc2[se]n1-c1nnc(-c2ccc([N+](=O)[O-])cc2)o1. The molecule has 9 heteroatoms. The van der Waals surface area contributed by atoms with Crippen molar-refractivity contribution in [2.75, 3.05) is 0 Å². The molecule has 0 saturated carbocycles. The van der Waals surface area contributed by atoms with E-state index in [2.05, 4.69) is 10.2 Å². The fraction of sp³-hybridized carbons (Fsp3) is 0. The molecule has 0 fully saturated rings. The molecule has 0 atom stereocenters. The van der Waals surface area contributed by atoms with Gasteiger partial charge in [-0.25, -0.2) is 0 Å². The maximum absolute atomic E-state index is 12.4.